The van der Waals surface area contributed by atoms with Gasteiger partial charge in [-0.2, -0.15) is 0 Å². The molecule has 0 aromatic heterocycles. The van der Waals surface area contributed by atoms with Crippen LogP contribution in [0.25, 0.3) is 0 Å². The summed E-state index contributed by atoms with van der Waals surface area (Å²) in [6.07, 6.45) is 4.42. The Kier molecular flexibility index (Phi) is 7.37. The first-order valence-electron chi connectivity index (χ1n) is 6.05. The number of hydrogen-bond donors (Lipinski definition) is 1. The largest absolute Gasteiger partial charge is 0.490 e. The lowest BCUT2D eigenvalue weighted by Crippen LogP contribution is -2.16. The second kappa shape index (κ2) is 8.89. The van der Waals surface area contributed by atoms with Gasteiger partial charge in [-0.25, -0.2) is 0 Å². The highest BCUT2D eigenvalue weighted by Crippen LogP contribution is 2.11. The van der Waals surface area contributed by atoms with Gasteiger partial charge in [0.2, 0.25) is 0 Å². The van der Waals surface area contributed by atoms with Crippen molar-refractivity contribution in [2.45, 2.75) is 13.0 Å². The highest BCUT2D eigenvalue weighted by Gasteiger charge is 1.96. The Morgan fingerprint density at radius 2 is 2.11 bits per heavy atom. The lowest BCUT2D eigenvalue weighted by atomic mass is 10.2. The predicted molar refractivity (Wildman–Crippen MR) is 77.4 cm³/mol. The lowest BCUT2D eigenvalue weighted by molar-refractivity contribution is 0.363. The van der Waals surface area contributed by atoms with Crippen LogP contribution >= 0.6 is 0 Å². The maximum atomic E-state index is 10.9. The molecule has 4 heteroatoms. The Hall–Kier alpha value is -1.13. The summed E-state index contributed by atoms with van der Waals surface area (Å²) >= 11 is 0. The molecule has 100 valence electrons. The zero-order chi connectivity index (χ0) is 13.2. The average molecular weight is 267 g/mol. The van der Waals surface area contributed by atoms with Crippen LogP contribution in [0.5, 0.6) is 5.75 Å². The molecule has 1 N–H and O–H groups in total. The third-order valence-electron chi connectivity index (χ3n) is 2.41. The molecule has 0 aliphatic rings. The van der Waals surface area contributed by atoms with Gasteiger partial charge in [0.1, 0.15) is 12.4 Å². The quantitative estimate of drug-likeness (QED) is 0.550. The van der Waals surface area contributed by atoms with Gasteiger partial charge in [-0.05, 0) is 30.7 Å². The van der Waals surface area contributed by atoms with Gasteiger partial charge in [0.05, 0.1) is 0 Å². The molecule has 0 radical (unpaired) electrons. The topological polar surface area (TPSA) is 38.3 Å². The molecule has 0 fully saturated rings. The van der Waals surface area contributed by atoms with Crippen molar-refractivity contribution in [3.63, 3.8) is 0 Å². The van der Waals surface area contributed by atoms with Gasteiger partial charge in [0, 0.05) is 29.4 Å². The van der Waals surface area contributed by atoms with Crippen molar-refractivity contribution in [3.05, 3.63) is 42.5 Å². The van der Waals surface area contributed by atoms with E-state index in [9.17, 15) is 4.21 Å². The third kappa shape index (κ3) is 6.57. The highest BCUT2D eigenvalue weighted by atomic mass is 32.2. The maximum Gasteiger partial charge on any atom is 0.119 e. The standard InChI is InChI=1S/C14H21NO2S/c1-3-10-17-14-7-5-13(6-8-14)12-15-9-4-11-18(2)16/h3,5-8,15H,1,4,9-12H2,2H3. The SMILES string of the molecule is C=CCOc1ccc(CNCCCS(C)=O)cc1. The molecular weight excluding hydrogens is 246 g/mol. The summed E-state index contributed by atoms with van der Waals surface area (Å²) in [5.74, 6) is 1.63. The van der Waals surface area contributed by atoms with E-state index < -0.39 is 10.8 Å². The fourth-order valence-corrected chi connectivity index (χ4v) is 2.04. The van der Waals surface area contributed by atoms with E-state index >= 15 is 0 Å². The van der Waals surface area contributed by atoms with Gasteiger partial charge in [-0.1, -0.05) is 24.8 Å². The van der Waals surface area contributed by atoms with Crippen molar-refractivity contribution in [1.29, 1.82) is 0 Å². The number of rotatable bonds is 9. The van der Waals surface area contributed by atoms with Crippen molar-refractivity contribution in [2.75, 3.05) is 25.2 Å². The van der Waals surface area contributed by atoms with E-state index in [4.69, 9.17) is 4.74 Å². The summed E-state index contributed by atoms with van der Waals surface area (Å²) in [4.78, 5) is 0. The van der Waals surface area contributed by atoms with E-state index in [1.165, 1.54) is 5.56 Å². The Bertz CT molecular complexity index is 376. The molecule has 18 heavy (non-hydrogen) atoms. The Morgan fingerprint density at radius 1 is 1.39 bits per heavy atom. The molecule has 3 nitrogen and oxygen atoms in total. The van der Waals surface area contributed by atoms with E-state index in [1.54, 1.807) is 12.3 Å². The summed E-state index contributed by atoms with van der Waals surface area (Å²) in [5, 5.41) is 3.33. The zero-order valence-corrected chi connectivity index (χ0v) is 11.7. The van der Waals surface area contributed by atoms with Gasteiger partial charge < -0.3 is 10.1 Å². The van der Waals surface area contributed by atoms with Crippen LogP contribution in [0.1, 0.15) is 12.0 Å². The summed E-state index contributed by atoms with van der Waals surface area (Å²) in [6, 6.07) is 8.01. The lowest BCUT2D eigenvalue weighted by Gasteiger charge is -2.06. The molecule has 0 heterocycles. The fraction of sp³-hybridized carbons (Fsp3) is 0.429. The number of ether oxygens (including phenoxy) is 1. The molecule has 0 amide bonds. The second-order valence-electron chi connectivity index (χ2n) is 4.05. The van der Waals surface area contributed by atoms with E-state index in [-0.39, 0.29) is 0 Å². The van der Waals surface area contributed by atoms with E-state index in [1.807, 2.05) is 24.3 Å². The Morgan fingerprint density at radius 3 is 2.72 bits per heavy atom. The monoisotopic (exact) mass is 267 g/mol. The molecule has 1 aromatic carbocycles. The molecule has 0 saturated carbocycles. The van der Waals surface area contributed by atoms with Crippen LogP contribution in [-0.2, 0) is 17.3 Å². The molecule has 0 aliphatic heterocycles. The van der Waals surface area contributed by atoms with E-state index in [0.29, 0.717) is 6.61 Å². The summed E-state index contributed by atoms with van der Waals surface area (Å²) in [6.45, 7) is 5.87. The zero-order valence-electron chi connectivity index (χ0n) is 10.9. The molecule has 1 rings (SSSR count). The van der Waals surface area contributed by atoms with Gasteiger partial charge in [-0.3, -0.25) is 4.21 Å². The Balaban J connectivity index is 2.22. The predicted octanol–water partition coefficient (Wildman–Crippen LogP) is 2.11. The fourth-order valence-electron chi connectivity index (χ4n) is 1.49. The molecular formula is C14H21NO2S. The summed E-state index contributed by atoms with van der Waals surface area (Å²) in [7, 11) is -0.685. The van der Waals surface area contributed by atoms with Crippen molar-refractivity contribution in [2.24, 2.45) is 0 Å². The van der Waals surface area contributed by atoms with Crippen LogP contribution in [0.3, 0.4) is 0 Å². The molecule has 0 bridgehead atoms. The minimum absolute atomic E-state index is 0.533. The third-order valence-corrected chi connectivity index (χ3v) is 3.27. The van der Waals surface area contributed by atoms with Crippen molar-refractivity contribution >= 4 is 10.8 Å². The first-order chi connectivity index (χ1) is 8.72. The van der Waals surface area contributed by atoms with E-state index in [0.717, 1.165) is 31.0 Å². The smallest absolute Gasteiger partial charge is 0.119 e. The van der Waals surface area contributed by atoms with Gasteiger partial charge >= 0.3 is 0 Å². The van der Waals surface area contributed by atoms with Crippen LogP contribution < -0.4 is 10.1 Å². The minimum Gasteiger partial charge on any atom is -0.490 e. The van der Waals surface area contributed by atoms with Crippen molar-refractivity contribution in [1.82, 2.24) is 5.32 Å². The summed E-state index contributed by atoms with van der Waals surface area (Å²) in [5.41, 5.74) is 1.22. The van der Waals surface area contributed by atoms with Gasteiger partial charge in [-0.15, -0.1) is 0 Å². The minimum atomic E-state index is -0.685. The Labute approximate surface area is 112 Å². The first-order valence-corrected chi connectivity index (χ1v) is 7.78. The summed E-state index contributed by atoms with van der Waals surface area (Å²) < 4.78 is 16.3. The maximum absolute atomic E-state index is 10.9. The van der Waals surface area contributed by atoms with Crippen LogP contribution in [0.2, 0.25) is 0 Å². The number of nitrogens with one attached hydrogen (secondary N) is 1. The average Bonchev–Trinajstić information content (AvgIpc) is 2.37. The highest BCUT2D eigenvalue weighted by molar-refractivity contribution is 7.84. The second-order valence-corrected chi connectivity index (χ2v) is 5.61. The van der Waals surface area contributed by atoms with Crippen LogP contribution in [0.4, 0.5) is 0 Å². The number of benzene rings is 1. The van der Waals surface area contributed by atoms with Crippen molar-refractivity contribution < 1.29 is 8.95 Å². The van der Waals surface area contributed by atoms with Crippen LogP contribution in [-0.4, -0.2) is 29.4 Å². The first kappa shape index (κ1) is 14.9. The van der Waals surface area contributed by atoms with Crippen LogP contribution in [0, 0.1) is 0 Å². The molecule has 0 aliphatic carbocycles. The van der Waals surface area contributed by atoms with Crippen LogP contribution in [0.15, 0.2) is 36.9 Å². The number of hydrogen-bond acceptors (Lipinski definition) is 3. The molecule has 0 spiro atoms. The normalized spacial score (nSPS) is 12.1. The van der Waals surface area contributed by atoms with Gasteiger partial charge in [0.15, 0.2) is 0 Å². The molecule has 0 saturated heterocycles. The van der Waals surface area contributed by atoms with E-state index in [2.05, 4.69) is 11.9 Å². The molecule has 1 unspecified atom stereocenters. The molecule has 1 atom stereocenters. The van der Waals surface area contributed by atoms with Crippen molar-refractivity contribution in [3.8, 4) is 5.75 Å². The van der Waals surface area contributed by atoms with Gasteiger partial charge in [0.25, 0.3) is 0 Å². The molecule has 1 aromatic rings.